The van der Waals surface area contributed by atoms with Gasteiger partial charge in [0.05, 0.1) is 6.61 Å². The van der Waals surface area contributed by atoms with Crippen molar-refractivity contribution < 1.29 is 13.9 Å². The summed E-state index contributed by atoms with van der Waals surface area (Å²) in [5.41, 5.74) is -0.822. The van der Waals surface area contributed by atoms with Gasteiger partial charge in [-0.15, -0.1) is 0 Å². The highest BCUT2D eigenvalue weighted by molar-refractivity contribution is 5.94. The molecule has 0 unspecified atom stereocenters. The maximum atomic E-state index is 13.1. The standard InChI is InChI=1S/C11H13FN2O3/c1-2-17-11(16)7-5-8(12)10(15)14-9(7)13-6-3-4-6/h5-6H,2-4H2,1H3,(H2,13,14,15). The number of hydrogen-bond acceptors (Lipinski definition) is 4. The molecule has 5 nitrogen and oxygen atoms in total. The summed E-state index contributed by atoms with van der Waals surface area (Å²) in [6, 6.07) is 1.14. The molecule has 0 atom stereocenters. The molecule has 1 aliphatic carbocycles. The number of pyridine rings is 1. The van der Waals surface area contributed by atoms with Gasteiger partial charge in [0, 0.05) is 6.04 Å². The molecule has 1 aromatic heterocycles. The number of rotatable bonds is 4. The molecule has 0 radical (unpaired) electrons. The SMILES string of the molecule is CCOC(=O)c1cc(F)c(=O)[nH]c1NC1CC1. The highest BCUT2D eigenvalue weighted by Gasteiger charge is 2.25. The normalized spacial score (nSPS) is 14.5. The van der Waals surface area contributed by atoms with Gasteiger partial charge in [-0.3, -0.25) is 4.79 Å². The lowest BCUT2D eigenvalue weighted by atomic mass is 10.2. The van der Waals surface area contributed by atoms with Crippen molar-refractivity contribution in [3.63, 3.8) is 0 Å². The van der Waals surface area contributed by atoms with Crippen molar-refractivity contribution in [2.24, 2.45) is 0 Å². The lowest BCUT2D eigenvalue weighted by molar-refractivity contribution is 0.0526. The fourth-order valence-electron chi connectivity index (χ4n) is 1.42. The second kappa shape index (κ2) is 4.57. The Hall–Kier alpha value is -1.85. The van der Waals surface area contributed by atoms with Crippen molar-refractivity contribution in [1.29, 1.82) is 0 Å². The molecule has 1 heterocycles. The third-order valence-electron chi connectivity index (χ3n) is 2.42. The van der Waals surface area contributed by atoms with Crippen LogP contribution in [0.2, 0.25) is 0 Å². The number of hydrogen-bond donors (Lipinski definition) is 2. The summed E-state index contributed by atoms with van der Waals surface area (Å²) < 4.78 is 17.9. The summed E-state index contributed by atoms with van der Waals surface area (Å²) in [5, 5.41) is 2.97. The van der Waals surface area contributed by atoms with Crippen LogP contribution in [0.25, 0.3) is 0 Å². The van der Waals surface area contributed by atoms with E-state index in [1.165, 1.54) is 0 Å². The number of esters is 1. The summed E-state index contributed by atoms with van der Waals surface area (Å²) in [6.07, 6.45) is 1.95. The first-order valence-electron chi connectivity index (χ1n) is 5.48. The van der Waals surface area contributed by atoms with Crippen molar-refractivity contribution in [3.8, 4) is 0 Å². The summed E-state index contributed by atoms with van der Waals surface area (Å²) in [6.45, 7) is 1.86. The van der Waals surface area contributed by atoms with Crippen molar-refractivity contribution >= 4 is 11.8 Å². The molecule has 1 fully saturated rings. The van der Waals surface area contributed by atoms with Crippen LogP contribution in [-0.4, -0.2) is 23.6 Å². The molecule has 1 saturated carbocycles. The van der Waals surface area contributed by atoms with Crippen LogP contribution in [0.1, 0.15) is 30.1 Å². The molecule has 0 amide bonds. The number of nitrogens with one attached hydrogen (secondary N) is 2. The van der Waals surface area contributed by atoms with E-state index in [1.807, 2.05) is 0 Å². The minimum absolute atomic E-state index is 0.0239. The Balaban J connectivity index is 2.35. The van der Waals surface area contributed by atoms with Crippen LogP contribution in [0.5, 0.6) is 0 Å². The van der Waals surface area contributed by atoms with Gasteiger partial charge in [-0.2, -0.15) is 0 Å². The van der Waals surface area contributed by atoms with Gasteiger partial charge in [0.2, 0.25) is 0 Å². The van der Waals surface area contributed by atoms with Gasteiger partial charge in [-0.25, -0.2) is 9.18 Å². The maximum absolute atomic E-state index is 13.1. The van der Waals surface area contributed by atoms with Gasteiger partial charge in [-0.05, 0) is 25.8 Å². The number of H-pyrrole nitrogens is 1. The van der Waals surface area contributed by atoms with E-state index in [0.29, 0.717) is 0 Å². The summed E-state index contributed by atoms with van der Waals surface area (Å²) in [4.78, 5) is 25.0. The minimum Gasteiger partial charge on any atom is -0.462 e. The van der Waals surface area contributed by atoms with Crippen molar-refractivity contribution in [3.05, 3.63) is 27.8 Å². The van der Waals surface area contributed by atoms with Crippen LogP contribution in [0, 0.1) is 5.82 Å². The number of ether oxygens (including phenoxy) is 1. The van der Waals surface area contributed by atoms with Crippen molar-refractivity contribution in [1.82, 2.24) is 4.98 Å². The van der Waals surface area contributed by atoms with Crippen LogP contribution in [-0.2, 0) is 4.74 Å². The van der Waals surface area contributed by atoms with E-state index in [-0.39, 0.29) is 24.0 Å². The second-order valence-electron chi connectivity index (χ2n) is 3.87. The van der Waals surface area contributed by atoms with E-state index in [9.17, 15) is 14.0 Å². The topological polar surface area (TPSA) is 71.2 Å². The summed E-state index contributed by atoms with van der Waals surface area (Å²) >= 11 is 0. The first-order valence-corrected chi connectivity index (χ1v) is 5.48. The largest absolute Gasteiger partial charge is 0.462 e. The molecular formula is C11H13FN2O3. The number of aromatic nitrogens is 1. The predicted octanol–water partition coefficient (Wildman–Crippen LogP) is 1.27. The third-order valence-corrected chi connectivity index (χ3v) is 2.42. The van der Waals surface area contributed by atoms with E-state index in [1.54, 1.807) is 6.92 Å². The Bertz CT molecular complexity index is 494. The average molecular weight is 240 g/mol. The second-order valence-corrected chi connectivity index (χ2v) is 3.87. The van der Waals surface area contributed by atoms with E-state index < -0.39 is 17.3 Å². The van der Waals surface area contributed by atoms with Gasteiger partial charge < -0.3 is 15.0 Å². The fourth-order valence-corrected chi connectivity index (χ4v) is 1.42. The van der Waals surface area contributed by atoms with E-state index in [0.717, 1.165) is 18.9 Å². The van der Waals surface area contributed by atoms with E-state index >= 15 is 0 Å². The van der Waals surface area contributed by atoms with Gasteiger partial charge >= 0.3 is 5.97 Å². The Morgan fingerprint density at radius 3 is 2.94 bits per heavy atom. The average Bonchev–Trinajstić information content (AvgIpc) is 3.07. The number of aromatic amines is 1. The molecule has 92 valence electrons. The Labute approximate surface area is 97.0 Å². The molecule has 2 rings (SSSR count). The van der Waals surface area contributed by atoms with Crippen LogP contribution >= 0.6 is 0 Å². The Kier molecular flexibility index (Phi) is 3.12. The third kappa shape index (κ3) is 2.64. The number of halogens is 1. The van der Waals surface area contributed by atoms with Gasteiger partial charge in [0.25, 0.3) is 5.56 Å². The summed E-state index contributed by atoms with van der Waals surface area (Å²) in [5.74, 6) is -1.41. The number of carbonyl (C=O) groups excluding carboxylic acids is 1. The fraction of sp³-hybridized carbons (Fsp3) is 0.455. The maximum Gasteiger partial charge on any atom is 0.341 e. The molecule has 1 aromatic rings. The smallest absolute Gasteiger partial charge is 0.341 e. The zero-order valence-corrected chi connectivity index (χ0v) is 9.38. The molecule has 2 N–H and O–H groups in total. The highest BCUT2D eigenvalue weighted by Crippen LogP contribution is 2.25. The summed E-state index contributed by atoms with van der Waals surface area (Å²) in [7, 11) is 0. The highest BCUT2D eigenvalue weighted by atomic mass is 19.1. The zero-order chi connectivity index (χ0) is 12.4. The van der Waals surface area contributed by atoms with Crippen LogP contribution in [0.15, 0.2) is 10.9 Å². The molecule has 0 aromatic carbocycles. The first-order chi connectivity index (χ1) is 8.11. The van der Waals surface area contributed by atoms with Crippen LogP contribution < -0.4 is 10.9 Å². The van der Waals surface area contributed by atoms with E-state index in [4.69, 9.17) is 4.74 Å². The predicted molar refractivity (Wildman–Crippen MR) is 59.6 cm³/mol. The van der Waals surface area contributed by atoms with Crippen molar-refractivity contribution in [2.45, 2.75) is 25.8 Å². The molecule has 17 heavy (non-hydrogen) atoms. The van der Waals surface area contributed by atoms with Crippen LogP contribution in [0.3, 0.4) is 0 Å². The lowest BCUT2D eigenvalue weighted by Gasteiger charge is -2.10. The molecule has 0 saturated heterocycles. The lowest BCUT2D eigenvalue weighted by Crippen LogP contribution is -2.20. The minimum atomic E-state index is -0.991. The molecule has 0 spiro atoms. The molecule has 0 aliphatic heterocycles. The quantitative estimate of drug-likeness (QED) is 0.777. The van der Waals surface area contributed by atoms with Crippen LogP contribution in [0.4, 0.5) is 10.2 Å². The monoisotopic (exact) mass is 240 g/mol. The van der Waals surface area contributed by atoms with Gasteiger partial charge in [0.1, 0.15) is 11.4 Å². The molecule has 0 bridgehead atoms. The molecule has 6 heteroatoms. The first kappa shape index (κ1) is 11.6. The Morgan fingerprint density at radius 1 is 1.65 bits per heavy atom. The van der Waals surface area contributed by atoms with E-state index in [2.05, 4.69) is 10.3 Å². The number of carbonyl (C=O) groups is 1. The van der Waals surface area contributed by atoms with Gasteiger partial charge in [0.15, 0.2) is 5.82 Å². The van der Waals surface area contributed by atoms with Crippen molar-refractivity contribution in [2.75, 3.05) is 11.9 Å². The number of anilines is 1. The zero-order valence-electron chi connectivity index (χ0n) is 9.38. The molecule has 1 aliphatic rings. The Morgan fingerprint density at radius 2 is 2.35 bits per heavy atom. The van der Waals surface area contributed by atoms with Gasteiger partial charge in [-0.1, -0.05) is 0 Å². The molecular weight excluding hydrogens is 227 g/mol.